The third-order valence-electron chi connectivity index (χ3n) is 6.40. The summed E-state index contributed by atoms with van der Waals surface area (Å²) in [6.45, 7) is 2.33. The summed E-state index contributed by atoms with van der Waals surface area (Å²) in [6.07, 6.45) is 4.35. The molecular weight excluding hydrogens is 464 g/mol. The van der Waals surface area contributed by atoms with Gasteiger partial charge in [0, 0.05) is 42.3 Å². The lowest BCUT2D eigenvalue weighted by Crippen LogP contribution is -2.26. The van der Waals surface area contributed by atoms with Crippen LogP contribution in [-0.2, 0) is 26.1 Å². The number of carbonyl (C=O) groups is 1. The number of nitrogens with zero attached hydrogens (tertiary/aromatic N) is 2. The number of H-pyrrole nitrogens is 1. The number of hydrogen-bond acceptors (Lipinski definition) is 5. The van der Waals surface area contributed by atoms with Gasteiger partial charge in [-0.05, 0) is 29.7 Å². The monoisotopic (exact) mass is 494 g/mol. The van der Waals surface area contributed by atoms with Crippen LogP contribution in [-0.4, -0.2) is 34.4 Å². The summed E-state index contributed by atoms with van der Waals surface area (Å²) in [7, 11) is 1.68. The van der Waals surface area contributed by atoms with E-state index in [9.17, 15) is 4.79 Å². The fourth-order valence-corrected chi connectivity index (χ4v) is 4.45. The summed E-state index contributed by atoms with van der Waals surface area (Å²) in [5.41, 5.74) is 4.78. The SMILES string of the molecule is COc1ccccc1CN(CCc1c[nH]c2ccccc12)Cc1nc(C(=O)NCc2ccccc2)co1. The van der Waals surface area contributed by atoms with Gasteiger partial charge in [-0.15, -0.1) is 0 Å². The molecular formula is C30H30N4O3. The van der Waals surface area contributed by atoms with Crippen molar-refractivity contribution in [1.29, 1.82) is 0 Å². The zero-order valence-electron chi connectivity index (χ0n) is 20.8. The average molecular weight is 495 g/mol. The molecule has 7 nitrogen and oxygen atoms in total. The molecule has 0 aliphatic heterocycles. The van der Waals surface area contributed by atoms with Gasteiger partial charge < -0.3 is 19.5 Å². The molecule has 0 spiro atoms. The zero-order chi connectivity index (χ0) is 25.5. The summed E-state index contributed by atoms with van der Waals surface area (Å²) in [4.78, 5) is 22.7. The number of ether oxygens (including phenoxy) is 1. The van der Waals surface area contributed by atoms with E-state index in [0.717, 1.165) is 35.4 Å². The third kappa shape index (κ3) is 6.08. The van der Waals surface area contributed by atoms with Crippen molar-refractivity contribution in [2.24, 2.45) is 0 Å². The van der Waals surface area contributed by atoms with Crippen molar-refractivity contribution in [1.82, 2.24) is 20.2 Å². The van der Waals surface area contributed by atoms with Gasteiger partial charge in [0.1, 0.15) is 12.0 Å². The first-order chi connectivity index (χ1) is 18.2. The molecule has 0 aliphatic rings. The lowest BCUT2D eigenvalue weighted by Gasteiger charge is -2.22. The number of aromatic nitrogens is 2. The van der Waals surface area contributed by atoms with Crippen molar-refractivity contribution in [3.63, 3.8) is 0 Å². The topological polar surface area (TPSA) is 83.4 Å². The Labute approximate surface area is 216 Å². The van der Waals surface area contributed by atoms with Crippen LogP contribution in [0.2, 0.25) is 0 Å². The Bertz CT molecular complexity index is 1460. The van der Waals surface area contributed by atoms with Crippen LogP contribution in [0.5, 0.6) is 5.75 Å². The molecule has 5 aromatic rings. The van der Waals surface area contributed by atoms with Crippen molar-refractivity contribution >= 4 is 16.8 Å². The number of para-hydroxylation sites is 2. The largest absolute Gasteiger partial charge is 0.496 e. The Morgan fingerprint density at radius 1 is 0.973 bits per heavy atom. The van der Waals surface area contributed by atoms with E-state index in [-0.39, 0.29) is 11.6 Å². The number of amides is 1. The Hall–Kier alpha value is -4.36. The average Bonchev–Trinajstić information content (AvgIpc) is 3.58. The second-order valence-electron chi connectivity index (χ2n) is 8.93. The number of aromatic amines is 1. The fraction of sp³-hybridized carbons (Fsp3) is 0.200. The predicted molar refractivity (Wildman–Crippen MR) is 143 cm³/mol. The first kappa shape index (κ1) is 24.3. The molecule has 0 fully saturated rings. The number of benzene rings is 3. The van der Waals surface area contributed by atoms with E-state index in [1.807, 2.05) is 54.6 Å². The molecule has 5 rings (SSSR count). The predicted octanol–water partition coefficient (Wildman–Crippen LogP) is 5.34. The summed E-state index contributed by atoms with van der Waals surface area (Å²) in [5.74, 6) is 1.08. The normalized spacial score (nSPS) is 11.2. The summed E-state index contributed by atoms with van der Waals surface area (Å²) < 4.78 is 11.3. The maximum absolute atomic E-state index is 12.6. The smallest absolute Gasteiger partial charge is 0.273 e. The van der Waals surface area contributed by atoms with Crippen LogP contribution in [0.25, 0.3) is 10.9 Å². The van der Waals surface area contributed by atoms with E-state index in [1.165, 1.54) is 17.2 Å². The number of methoxy groups -OCH3 is 1. The van der Waals surface area contributed by atoms with Crippen molar-refractivity contribution in [2.75, 3.05) is 13.7 Å². The molecule has 2 aromatic heterocycles. The minimum atomic E-state index is -0.256. The third-order valence-corrected chi connectivity index (χ3v) is 6.40. The van der Waals surface area contributed by atoms with Crippen molar-refractivity contribution in [2.45, 2.75) is 26.1 Å². The number of carbonyl (C=O) groups excluding carboxylic acids is 1. The molecule has 37 heavy (non-hydrogen) atoms. The van der Waals surface area contributed by atoms with Gasteiger partial charge in [-0.25, -0.2) is 4.98 Å². The van der Waals surface area contributed by atoms with E-state index in [1.54, 1.807) is 7.11 Å². The molecule has 0 saturated carbocycles. The van der Waals surface area contributed by atoms with E-state index >= 15 is 0 Å². The first-order valence-corrected chi connectivity index (χ1v) is 12.4. The molecule has 2 N–H and O–H groups in total. The minimum absolute atomic E-state index is 0.256. The number of fused-ring (bicyclic) bond motifs is 1. The van der Waals surface area contributed by atoms with E-state index in [2.05, 4.69) is 50.6 Å². The lowest BCUT2D eigenvalue weighted by molar-refractivity contribution is 0.0945. The Balaban J connectivity index is 1.29. The number of hydrogen-bond donors (Lipinski definition) is 2. The molecule has 1 amide bonds. The van der Waals surface area contributed by atoms with Gasteiger partial charge in [-0.1, -0.05) is 66.7 Å². The highest BCUT2D eigenvalue weighted by atomic mass is 16.5. The van der Waals surface area contributed by atoms with Crippen molar-refractivity contribution < 1.29 is 13.9 Å². The maximum Gasteiger partial charge on any atom is 0.273 e. The highest BCUT2D eigenvalue weighted by molar-refractivity contribution is 5.91. The molecule has 0 radical (unpaired) electrons. The van der Waals surface area contributed by atoms with E-state index < -0.39 is 0 Å². The highest BCUT2D eigenvalue weighted by Crippen LogP contribution is 2.22. The number of rotatable bonds is 11. The molecule has 0 bridgehead atoms. The zero-order valence-corrected chi connectivity index (χ0v) is 20.8. The highest BCUT2D eigenvalue weighted by Gasteiger charge is 2.17. The summed E-state index contributed by atoms with van der Waals surface area (Å²) >= 11 is 0. The Morgan fingerprint density at radius 2 is 1.76 bits per heavy atom. The number of oxazole rings is 1. The lowest BCUT2D eigenvalue weighted by atomic mass is 10.1. The van der Waals surface area contributed by atoms with Gasteiger partial charge in [0.15, 0.2) is 5.69 Å². The molecule has 188 valence electrons. The van der Waals surface area contributed by atoms with Crippen LogP contribution in [0.4, 0.5) is 0 Å². The van der Waals surface area contributed by atoms with Crippen LogP contribution in [0.15, 0.2) is 95.7 Å². The van der Waals surface area contributed by atoms with Crippen LogP contribution < -0.4 is 10.1 Å². The van der Waals surface area contributed by atoms with Gasteiger partial charge in [-0.2, -0.15) is 0 Å². The van der Waals surface area contributed by atoms with Crippen LogP contribution in [0.1, 0.15) is 33.1 Å². The molecule has 7 heteroatoms. The Kier molecular flexibility index (Phi) is 7.62. The second-order valence-corrected chi connectivity index (χ2v) is 8.93. The molecule has 0 saturated heterocycles. The van der Waals surface area contributed by atoms with Crippen LogP contribution in [0, 0.1) is 0 Å². The van der Waals surface area contributed by atoms with Gasteiger partial charge >= 0.3 is 0 Å². The standard InChI is InChI=1S/C30H30N4O3/c1-36-28-14-8-5-11-24(28)19-34(16-15-23-18-31-26-13-7-6-12-25(23)26)20-29-33-27(21-37-29)30(35)32-17-22-9-3-2-4-10-22/h2-14,18,21,31H,15-17,19-20H2,1H3,(H,32,35). The summed E-state index contributed by atoms with van der Waals surface area (Å²) in [6, 6.07) is 26.1. The Morgan fingerprint density at radius 3 is 2.62 bits per heavy atom. The minimum Gasteiger partial charge on any atom is -0.496 e. The maximum atomic E-state index is 12.6. The van der Waals surface area contributed by atoms with Gasteiger partial charge in [0.25, 0.3) is 5.91 Å². The van der Waals surface area contributed by atoms with Gasteiger partial charge in [0.2, 0.25) is 5.89 Å². The van der Waals surface area contributed by atoms with E-state index in [0.29, 0.717) is 25.5 Å². The van der Waals surface area contributed by atoms with E-state index in [4.69, 9.17) is 9.15 Å². The van der Waals surface area contributed by atoms with Crippen LogP contribution in [0.3, 0.4) is 0 Å². The molecule has 0 unspecified atom stereocenters. The van der Waals surface area contributed by atoms with Crippen LogP contribution >= 0.6 is 0 Å². The quantitative estimate of drug-likeness (QED) is 0.259. The molecule has 3 aromatic carbocycles. The molecule has 0 aliphatic carbocycles. The van der Waals surface area contributed by atoms with Crippen molar-refractivity contribution in [3.8, 4) is 5.75 Å². The first-order valence-electron chi connectivity index (χ1n) is 12.4. The second kappa shape index (κ2) is 11.6. The van der Waals surface area contributed by atoms with Crippen molar-refractivity contribution in [3.05, 3.63) is 120 Å². The molecule has 2 heterocycles. The summed E-state index contributed by atoms with van der Waals surface area (Å²) in [5, 5.41) is 4.13. The molecule has 0 atom stereocenters. The van der Waals surface area contributed by atoms with Gasteiger partial charge in [0.05, 0.1) is 13.7 Å². The number of nitrogens with one attached hydrogen (secondary N) is 2. The van der Waals surface area contributed by atoms with Gasteiger partial charge in [-0.3, -0.25) is 9.69 Å². The fourth-order valence-electron chi connectivity index (χ4n) is 4.45.